The Balaban J connectivity index is 1.76. The maximum atomic E-state index is 13.5. The number of likely N-dealkylation sites (tertiary alicyclic amines) is 1. The van der Waals surface area contributed by atoms with E-state index >= 15 is 0 Å². The molecule has 0 bridgehead atoms. The fourth-order valence-corrected chi connectivity index (χ4v) is 4.58. The van der Waals surface area contributed by atoms with Gasteiger partial charge in [-0.1, -0.05) is 11.6 Å². The lowest BCUT2D eigenvalue weighted by atomic mass is 9.80. The van der Waals surface area contributed by atoms with Crippen LogP contribution in [0.25, 0.3) is 11.1 Å². The van der Waals surface area contributed by atoms with Crippen LogP contribution in [0.5, 0.6) is 0 Å². The summed E-state index contributed by atoms with van der Waals surface area (Å²) in [6.07, 6.45) is 5.55. The summed E-state index contributed by atoms with van der Waals surface area (Å²) >= 11 is 0. The summed E-state index contributed by atoms with van der Waals surface area (Å²) in [4.78, 5) is 20.0. The van der Waals surface area contributed by atoms with E-state index in [0.717, 1.165) is 55.5 Å². The van der Waals surface area contributed by atoms with Gasteiger partial charge >= 0.3 is 0 Å². The number of fused-ring (bicyclic) bond motifs is 2. The van der Waals surface area contributed by atoms with Gasteiger partial charge in [-0.05, 0) is 59.1 Å². The molecule has 0 aliphatic carbocycles. The van der Waals surface area contributed by atoms with Gasteiger partial charge in [-0.25, -0.2) is 4.98 Å². The van der Waals surface area contributed by atoms with Crippen molar-refractivity contribution in [1.29, 1.82) is 0 Å². The lowest BCUT2D eigenvalue weighted by molar-refractivity contribution is 0.0381. The van der Waals surface area contributed by atoms with E-state index in [1.807, 2.05) is 19.9 Å². The normalized spacial score (nSPS) is 27.2. The minimum absolute atomic E-state index is 0.00922. The Hall–Kier alpha value is -1.95. The number of piperidine rings is 1. The van der Waals surface area contributed by atoms with E-state index in [4.69, 9.17) is 4.52 Å². The van der Waals surface area contributed by atoms with Crippen molar-refractivity contribution in [2.24, 2.45) is 0 Å². The average Bonchev–Trinajstić information content (AvgIpc) is 2.83. The van der Waals surface area contributed by atoms with Crippen LogP contribution in [0.1, 0.15) is 60.8 Å². The first kappa shape index (κ1) is 16.5. The van der Waals surface area contributed by atoms with Crippen molar-refractivity contribution in [1.82, 2.24) is 20.4 Å². The SMILES string of the molecule is Cc1cc(C(=O)N2CCC[C@]3(C)NCCCC[C@H]23)c2c(C)noc2n1. The van der Waals surface area contributed by atoms with Crippen LogP contribution in [0.4, 0.5) is 0 Å². The molecule has 134 valence electrons. The second-order valence-corrected chi connectivity index (χ2v) is 7.72. The molecule has 6 nitrogen and oxygen atoms in total. The molecule has 2 aliphatic heterocycles. The Kier molecular flexibility index (Phi) is 4.02. The molecule has 2 aliphatic rings. The van der Waals surface area contributed by atoms with Crippen LogP contribution >= 0.6 is 0 Å². The van der Waals surface area contributed by atoms with Crippen molar-refractivity contribution in [3.8, 4) is 0 Å². The smallest absolute Gasteiger partial charge is 0.258 e. The fraction of sp³-hybridized carbons (Fsp3) is 0.632. The highest BCUT2D eigenvalue weighted by atomic mass is 16.5. The number of aromatic nitrogens is 2. The van der Waals surface area contributed by atoms with Crippen LogP contribution < -0.4 is 5.32 Å². The highest BCUT2D eigenvalue weighted by Crippen LogP contribution is 2.34. The first-order chi connectivity index (χ1) is 12.0. The molecule has 0 saturated carbocycles. The average molecular weight is 342 g/mol. The van der Waals surface area contributed by atoms with E-state index in [1.54, 1.807) is 0 Å². The van der Waals surface area contributed by atoms with E-state index in [-0.39, 0.29) is 17.5 Å². The van der Waals surface area contributed by atoms with Crippen molar-refractivity contribution in [2.45, 2.75) is 64.5 Å². The Labute approximate surface area is 148 Å². The fourth-order valence-electron chi connectivity index (χ4n) is 4.58. The summed E-state index contributed by atoms with van der Waals surface area (Å²) in [6, 6.07) is 2.12. The zero-order valence-electron chi connectivity index (χ0n) is 15.3. The molecule has 2 saturated heterocycles. The number of amides is 1. The summed E-state index contributed by atoms with van der Waals surface area (Å²) in [5.41, 5.74) is 2.65. The van der Waals surface area contributed by atoms with Gasteiger partial charge < -0.3 is 14.7 Å². The van der Waals surface area contributed by atoms with Gasteiger partial charge in [-0.15, -0.1) is 0 Å². The standard InChI is InChI=1S/C19H26N4O2/c1-12-11-14(16-13(2)22-25-17(16)21-12)18(24)23-10-6-8-19(3)15(23)7-4-5-9-20-19/h11,15,20H,4-10H2,1-3H3/t15-,19-/m0/s1. The van der Waals surface area contributed by atoms with Gasteiger partial charge in [0.2, 0.25) is 0 Å². The van der Waals surface area contributed by atoms with E-state index in [0.29, 0.717) is 11.3 Å². The Morgan fingerprint density at radius 1 is 1.36 bits per heavy atom. The lowest BCUT2D eigenvalue weighted by Gasteiger charge is -2.48. The maximum Gasteiger partial charge on any atom is 0.258 e. The number of nitrogens with zero attached hydrogens (tertiary/aromatic N) is 3. The van der Waals surface area contributed by atoms with Crippen molar-refractivity contribution >= 4 is 17.0 Å². The van der Waals surface area contributed by atoms with Crippen molar-refractivity contribution in [2.75, 3.05) is 13.1 Å². The minimum Gasteiger partial charge on any atom is -0.336 e. The van der Waals surface area contributed by atoms with Gasteiger partial charge in [0.1, 0.15) is 0 Å². The second-order valence-electron chi connectivity index (χ2n) is 7.72. The largest absolute Gasteiger partial charge is 0.336 e. The first-order valence-electron chi connectivity index (χ1n) is 9.29. The highest BCUT2D eigenvalue weighted by molar-refractivity contribution is 6.06. The van der Waals surface area contributed by atoms with E-state index in [2.05, 4.69) is 27.3 Å². The lowest BCUT2D eigenvalue weighted by Crippen LogP contribution is -2.62. The molecule has 0 radical (unpaired) electrons. The summed E-state index contributed by atoms with van der Waals surface area (Å²) in [6.45, 7) is 7.89. The maximum absolute atomic E-state index is 13.5. The number of aryl methyl sites for hydroxylation is 2. The zero-order valence-corrected chi connectivity index (χ0v) is 15.3. The number of pyridine rings is 1. The molecule has 2 atom stereocenters. The van der Waals surface area contributed by atoms with Crippen LogP contribution in [-0.2, 0) is 0 Å². The van der Waals surface area contributed by atoms with E-state index in [9.17, 15) is 4.79 Å². The number of hydrogen-bond donors (Lipinski definition) is 1. The van der Waals surface area contributed by atoms with Gasteiger partial charge in [0.15, 0.2) is 0 Å². The molecule has 2 aromatic heterocycles. The van der Waals surface area contributed by atoms with Gasteiger partial charge in [0.05, 0.1) is 16.6 Å². The summed E-state index contributed by atoms with van der Waals surface area (Å²) in [5.74, 6) is 0.0847. The Morgan fingerprint density at radius 2 is 2.20 bits per heavy atom. The van der Waals surface area contributed by atoms with Gasteiger partial charge in [0, 0.05) is 23.8 Å². The molecule has 2 aromatic rings. The molecule has 1 amide bonds. The predicted molar refractivity (Wildman–Crippen MR) is 95.6 cm³/mol. The molecule has 1 N–H and O–H groups in total. The van der Waals surface area contributed by atoms with Gasteiger partial charge in [-0.2, -0.15) is 0 Å². The van der Waals surface area contributed by atoms with Gasteiger partial charge in [-0.3, -0.25) is 4.79 Å². The minimum atomic E-state index is 0.00922. The first-order valence-corrected chi connectivity index (χ1v) is 9.29. The predicted octanol–water partition coefficient (Wildman–Crippen LogP) is 2.98. The van der Waals surface area contributed by atoms with Crippen molar-refractivity contribution in [3.05, 3.63) is 23.0 Å². The highest BCUT2D eigenvalue weighted by Gasteiger charge is 2.43. The van der Waals surface area contributed by atoms with Crippen LogP contribution in [0.15, 0.2) is 10.6 Å². The third kappa shape index (κ3) is 2.72. The Bertz CT molecular complexity index is 815. The summed E-state index contributed by atoms with van der Waals surface area (Å²) in [5, 5.41) is 8.48. The van der Waals surface area contributed by atoms with Crippen LogP contribution in [0.2, 0.25) is 0 Å². The molecule has 0 unspecified atom stereocenters. The van der Waals surface area contributed by atoms with Crippen LogP contribution in [0.3, 0.4) is 0 Å². The molecule has 6 heteroatoms. The van der Waals surface area contributed by atoms with Gasteiger partial charge in [0.25, 0.3) is 11.6 Å². The van der Waals surface area contributed by atoms with Crippen molar-refractivity contribution in [3.63, 3.8) is 0 Å². The molecule has 2 fully saturated rings. The van der Waals surface area contributed by atoms with E-state index in [1.165, 1.54) is 6.42 Å². The number of carbonyl (C=O) groups is 1. The van der Waals surface area contributed by atoms with Crippen LogP contribution in [-0.4, -0.2) is 45.6 Å². The van der Waals surface area contributed by atoms with Crippen molar-refractivity contribution < 1.29 is 9.32 Å². The van der Waals surface area contributed by atoms with Crippen LogP contribution in [0, 0.1) is 13.8 Å². The molecule has 0 spiro atoms. The Morgan fingerprint density at radius 3 is 3.04 bits per heavy atom. The topological polar surface area (TPSA) is 71.3 Å². The monoisotopic (exact) mass is 342 g/mol. The zero-order chi connectivity index (χ0) is 17.6. The number of rotatable bonds is 1. The second kappa shape index (κ2) is 6.09. The van der Waals surface area contributed by atoms with E-state index < -0.39 is 0 Å². The molecule has 0 aromatic carbocycles. The molecular weight excluding hydrogens is 316 g/mol. The summed E-state index contributed by atoms with van der Waals surface area (Å²) < 4.78 is 5.31. The molecule has 25 heavy (non-hydrogen) atoms. The third-order valence-electron chi connectivity index (χ3n) is 5.88. The number of carbonyl (C=O) groups excluding carboxylic acids is 1. The molecular formula is C19H26N4O2. The number of hydrogen-bond acceptors (Lipinski definition) is 5. The summed E-state index contributed by atoms with van der Waals surface area (Å²) in [7, 11) is 0. The molecule has 4 rings (SSSR count). The third-order valence-corrected chi connectivity index (χ3v) is 5.88. The molecule has 4 heterocycles. The number of nitrogens with one attached hydrogen (secondary N) is 1. The quantitative estimate of drug-likeness (QED) is 0.863.